The average molecular weight is 324 g/mol. The number of nitrogens with one attached hydrogen (secondary N) is 2. The molecule has 1 aliphatic heterocycles. The molecule has 1 aliphatic rings. The van der Waals surface area contributed by atoms with Crippen LogP contribution >= 0.6 is 0 Å². The molecule has 0 saturated carbocycles. The molecule has 7 heteroatoms. The van der Waals surface area contributed by atoms with Gasteiger partial charge in [0.2, 0.25) is 5.91 Å². The minimum Gasteiger partial charge on any atom is -0.359 e. The summed E-state index contributed by atoms with van der Waals surface area (Å²) in [5.74, 6) is -0.0626. The Morgan fingerprint density at radius 1 is 1.08 bits per heavy atom. The summed E-state index contributed by atoms with van der Waals surface area (Å²) in [7, 11) is 1.73. The van der Waals surface area contributed by atoms with Crippen LogP contribution in [0.15, 0.2) is 40.1 Å². The molecule has 0 unspecified atom stereocenters. The lowest BCUT2D eigenvalue weighted by Crippen LogP contribution is -2.53. The zero-order valence-electron chi connectivity index (χ0n) is 13.1. The lowest BCUT2D eigenvalue weighted by atomic mass is 10.1. The summed E-state index contributed by atoms with van der Waals surface area (Å²) in [5.41, 5.74) is 1.18. The van der Waals surface area contributed by atoms with E-state index in [2.05, 4.69) is 10.3 Å². The molecule has 2 aromatic carbocycles. The molecule has 1 amide bonds. The van der Waals surface area contributed by atoms with Crippen LogP contribution in [0, 0.1) is 0 Å². The van der Waals surface area contributed by atoms with E-state index in [9.17, 15) is 14.4 Å². The van der Waals surface area contributed by atoms with Gasteiger partial charge in [-0.1, -0.05) is 18.2 Å². The average Bonchev–Trinajstić information content (AvgIpc) is 3.00. The highest BCUT2D eigenvalue weighted by atomic mass is 16.2. The smallest absolute Gasteiger partial charge is 0.253 e. The molecule has 122 valence electrons. The van der Waals surface area contributed by atoms with E-state index in [-0.39, 0.29) is 18.1 Å². The van der Waals surface area contributed by atoms with E-state index >= 15 is 0 Å². The molecule has 0 spiro atoms. The maximum Gasteiger partial charge on any atom is 0.253 e. The summed E-state index contributed by atoms with van der Waals surface area (Å²) < 4.78 is 0. The van der Waals surface area contributed by atoms with Crippen molar-refractivity contribution in [2.75, 3.05) is 36.9 Å². The summed E-state index contributed by atoms with van der Waals surface area (Å²) >= 11 is 0. The van der Waals surface area contributed by atoms with Crippen LogP contribution in [0.4, 0.5) is 17.1 Å². The van der Waals surface area contributed by atoms with Crippen molar-refractivity contribution in [3.8, 4) is 0 Å². The number of piperazine rings is 1. The van der Waals surface area contributed by atoms with E-state index in [1.54, 1.807) is 23.0 Å². The Balaban J connectivity index is 1.68. The van der Waals surface area contributed by atoms with Gasteiger partial charge >= 0.3 is 0 Å². The fraction of sp³-hybridized carbons (Fsp3) is 0.235. The van der Waals surface area contributed by atoms with Crippen LogP contribution in [0.3, 0.4) is 0 Å². The summed E-state index contributed by atoms with van der Waals surface area (Å²) in [6.07, 6.45) is 1.76. The third-order valence-electron chi connectivity index (χ3n) is 4.51. The minimum absolute atomic E-state index is 0.0626. The molecule has 0 aliphatic carbocycles. The van der Waals surface area contributed by atoms with Gasteiger partial charge in [-0.05, 0) is 6.07 Å². The van der Waals surface area contributed by atoms with Crippen molar-refractivity contribution < 1.29 is 4.79 Å². The van der Waals surface area contributed by atoms with Crippen molar-refractivity contribution in [3.05, 3.63) is 50.9 Å². The maximum absolute atomic E-state index is 12.0. The number of rotatable bonds is 3. The van der Waals surface area contributed by atoms with Crippen molar-refractivity contribution in [2.24, 2.45) is 0 Å². The van der Waals surface area contributed by atoms with Crippen LogP contribution in [-0.4, -0.2) is 42.5 Å². The van der Waals surface area contributed by atoms with Crippen molar-refractivity contribution in [1.29, 1.82) is 0 Å². The third kappa shape index (κ3) is 2.09. The largest absolute Gasteiger partial charge is 0.359 e. The second kappa shape index (κ2) is 5.23. The molecule has 3 aromatic rings. The van der Waals surface area contributed by atoms with Crippen molar-refractivity contribution >= 4 is 33.9 Å². The zero-order chi connectivity index (χ0) is 16.8. The maximum atomic E-state index is 12.0. The highest BCUT2D eigenvalue weighted by Gasteiger charge is 2.31. The summed E-state index contributed by atoms with van der Waals surface area (Å²) in [6.45, 7) is 1.18. The van der Waals surface area contributed by atoms with Crippen LogP contribution in [-0.2, 0) is 4.79 Å². The zero-order valence-corrected chi connectivity index (χ0v) is 13.1. The third-order valence-corrected chi connectivity index (χ3v) is 4.51. The number of H-pyrrole nitrogens is 1. The van der Waals surface area contributed by atoms with Gasteiger partial charge < -0.3 is 20.1 Å². The number of likely N-dealkylation sites (N-methyl/N-ethyl adjacent to an activating group) is 1. The lowest BCUT2D eigenvalue weighted by molar-refractivity contribution is -0.129. The second-order valence-electron chi connectivity index (χ2n) is 5.99. The van der Waals surface area contributed by atoms with Gasteiger partial charge in [0.05, 0.1) is 12.2 Å². The van der Waals surface area contributed by atoms with E-state index in [0.29, 0.717) is 18.8 Å². The summed E-state index contributed by atoms with van der Waals surface area (Å²) in [5, 5.41) is 4.00. The predicted molar refractivity (Wildman–Crippen MR) is 92.8 cm³/mol. The Labute approximate surface area is 137 Å². The monoisotopic (exact) mass is 324 g/mol. The molecule has 1 fully saturated rings. The number of amides is 1. The quantitative estimate of drug-likeness (QED) is 0.696. The molecule has 0 atom stereocenters. The number of carbonyl (C=O) groups is 1. The number of nitrogens with zero attached hydrogens (tertiary/aromatic N) is 2. The topological polar surface area (TPSA) is 85.5 Å². The SMILES string of the molecule is CN1CCN(c2c(Nc3c[nH]c4ccccc34)c(=O)c2=O)CC1=O. The Morgan fingerprint density at radius 2 is 1.88 bits per heavy atom. The molecule has 2 heterocycles. The van der Waals surface area contributed by atoms with Crippen molar-refractivity contribution in [2.45, 2.75) is 0 Å². The van der Waals surface area contributed by atoms with E-state index in [1.807, 2.05) is 24.3 Å². The highest BCUT2D eigenvalue weighted by Crippen LogP contribution is 2.29. The van der Waals surface area contributed by atoms with Gasteiger partial charge in [-0.25, -0.2) is 0 Å². The van der Waals surface area contributed by atoms with E-state index in [0.717, 1.165) is 16.6 Å². The van der Waals surface area contributed by atoms with Gasteiger partial charge in [-0.15, -0.1) is 0 Å². The summed E-state index contributed by atoms with van der Waals surface area (Å²) in [6, 6.07) is 7.69. The Morgan fingerprint density at radius 3 is 2.67 bits per heavy atom. The molecule has 2 N–H and O–H groups in total. The molecule has 7 nitrogen and oxygen atoms in total. The van der Waals surface area contributed by atoms with Crippen LogP contribution in [0.5, 0.6) is 0 Å². The number of fused-ring (bicyclic) bond motifs is 1. The molecule has 4 rings (SSSR count). The van der Waals surface area contributed by atoms with E-state index < -0.39 is 10.9 Å². The van der Waals surface area contributed by atoms with Crippen molar-refractivity contribution in [1.82, 2.24) is 9.88 Å². The first-order chi connectivity index (χ1) is 11.6. The number of hydrogen-bond donors (Lipinski definition) is 2. The Kier molecular flexibility index (Phi) is 3.16. The van der Waals surface area contributed by atoms with Crippen LogP contribution in [0.1, 0.15) is 0 Å². The number of hydrogen-bond acceptors (Lipinski definition) is 5. The molecule has 1 aromatic heterocycles. The highest BCUT2D eigenvalue weighted by molar-refractivity contribution is 5.96. The van der Waals surface area contributed by atoms with Gasteiger partial charge in [0.15, 0.2) is 0 Å². The number of anilines is 3. The number of aromatic amines is 1. The normalized spacial score (nSPS) is 15.5. The van der Waals surface area contributed by atoms with Gasteiger partial charge in [-0.3, -0.25) is 14.4 Å². The Bertz CT molecular complexity index is 1010. The van der Waals surface area contributed by atoms with Crippen LogP contribution < -0.4 is 21.1 Å². The van der Waals surface area contributed by atoms with Gasteiger partial charge in [-0.2, -0.15) is 0 Å². The lowest BCUT2D eigenvalue weighted by Gasteiger charge is -2.34. The van der Waals surface area contributed by atoms with Gasteiger partial charge in [0.25, 0.3) is 10.9 Å². The fourth-order valence-corrected chi connectivity index (χ4v) is 3.06. The molecular weight excluding hydrogens is 308 g/mol. The van der Waals surface area contributed by atoms with Crippen molar-refractivity contribution in [3.63, 3.8) is 0 Å². The first-order valence-corrected chi connectivity index (χ1v) is 7.71. The van der Waals surface area contributed by atoms with Crippen LogP contribution in [0.2, 0.25) is 0 Å². The molecule has 24 heavy (non-hydrogen) atoms. The molecule has 1 saturated heterocycles. The number of aromatic nitrogens is 1. The first-order valence-electron chi connectivity index (χ1n) is 7.71. The Hall–Kier alpha value is -3.09. The number of para-hydroxylation sites is 1. The molecule has 0 bridgehead atoms. The predicted octanol–water partition coefficient (Wildman–Crippen LogP) is 0.786. The van der Waals surface area contributed by atoms with Gasteiger partial charge in [0, 0.05) is 37.2 Å². The van der Waals surface area contributed by atoms with Crippen LogP contribution in [0.25, 0.3) is 10.9 Å². The minimum atomic E-state index is -0.540. The number of benzene rings is 1. The number of carbonyl (C=O) groups excluding carboxylic acids is 1. The molecule has 0 radical (unpaired) electrons. The summed E-state index contributed by atoms with van der Waals surface area (Å²) in [4.78, 5) is 42.3. The van der Waals surface area contributed by atoms with Gasteiger partial charge in [0.1, 0.15) is 11.4 Å². The van der Waals surface area contributed by atoms with E-state index in [1.165, 1.54) is 0 Å². The van der Waals surface area contributed by atoms with E-state index in [4.69, 9.17) is 0 Å². The second-order valence-corrected chi connectivity index (χ2v) is 5.99. The first kappa shape index (κ1) is 14.5. The fourth-order valence-electron chi connectivity index (χ4n) is 3.06. The standard InChI is InChI=1S/C17H16N4O3/c1-20-6-7-21(9-13(20)22)15-14(16(23)17(15)24)19-12-8-18-11-5-3-2-4-10(11)12/h2-5,8,18-19H,6-7,9H2,1H3. The molecular formula is C17H16N4O3.